The van der Waals surface area contributed by atoms with E-state index in [1.165, 1.54) is 0 Å². The number of carbonyl (C=O) groups excluding carboxylic acids is 1. The highest BCUT2D eigenvalue weighted by atomic mass is 16.5. The van der Waals surface area contributed by atoms with E-state index in [1.807, 2.05) is 18.2 Å². The Morgan fingerprint density at radius 3 is 3.05 bits per heavy atom. The van der Waals surface area contributed by atoms with Crippen LogP contribution in [0.2, 0.25) is 0 Å². The van der Waals surface area contributed by atoms with Crippen molar-refractivity contribution in [2.75, 3.05) is 26.4 Å². The molecule has 6 nitrogen and oxygen atoms in total. The highest BCUT2D eigenvalue weighted by Crippen LogP contribution is 2.25. The molecule has 6 heteroatoms. The Balaban J connectivity index is 1.70. The molecule has 1 heterocycles. The number of rotatable bonds is 7. The zero-order valence-corrected chi connectivity index (χ0v) is 11.1. The molecule has 108 valence electrons. The number of carboxylic acid groups (broad SMARTS) is 1. The standard InChI is InChI=1S/C14H17NO5/c16-13(15-4-6-19-9-14(17)18)8-10-1-2-12-11(7-10)3-5-20-12/h1-2,7H,3-6,8-9H2,(H,15,16)(H,17,18). The lowest BCUT2D eigenvalue weighted by Gasteiger charge is -2.06. The van der Waals surface area contributed by atoms with E-state index in [1.54, 1.807) is 0 Å². The maximum Gasteiger partial charge on any atom is 0.329 e. The molecule has 0 saturated carbocycles. The van der Waals surface area contributed by atoms with Crippen LogP contribution < -0.4 is 10.1 Å². The van der Waals surface area contributed by atoms with Crippen LogP contribution in [0.1, 0.15) is 11.1 Å². The number of nitrogens with one attached hydrogen (secondary N) is 1. The number of benzene rings is 1. The van der Waals surface area contributed by atoms with Gasteiger partial charge in [0.15, 0.2) is 0 Å². The van der Waals surface area contributed by atoms with Gasteiger partial charge in [0.1, 0.15) is 12.4 Å². The predicted molar refractivity (Wildman–Crippen MR) is 70.8 cm³/mol. The highest BCUT2D eigenvalue weighted by Gasteiger charge is 2.13. The second kappa shape index (κ2) is 6.91. The van der Waals surface area contributed by atoms with Crippen molar-refractivity contribution in [3.05, 3.63) is 29.3 Å². The molecule has 0 fully saturated rings. The fraction of sp³-hybridized carbons (Fsp3) is 0.429. The molecule has 20 heavy (non-hydrogen) atoms. The summed E-state index contributed by atoms with van der Waals surface area (Å²) in [6.07, 6.45) is 1.18. The van der Waals surface area contributed by atoms with Crippen molar-refractivity contribution in [3.8, 4) is 5.75 Å². The predicted octanol–water partition coefficient (Wildman–Crippen LogP) is 0.381. The first-order valence-electron chi connectivity index (χ1n) is 6.46. The van der Waals surface area contributed by atoms with E-state index in [-0.39, 0.29) is 19.1 Å². The molecule has 0 aromatic heterocycles. The van der Waals surface area contributed by atoms with E-state index in [9.17, 15) is 9.59 Å². The van der Waals surface area contributed by atoms with Crippen LogP contribution in [0.4, 0.5) is 0 Å². The molecule has 0 saturated heterocycles. The van der Waals surface area contributed by atoms with Crippen LogP contribution in [-0.2, 0) is 27.2 Å². The zero-order chi connectivity index (χ0) is 14.4. The Kier molecular flexibility index (Phi) is 4.95. The lowest BCUT2D eigenvalue weighted by molar-refractivity contribution is -0.142. The Labute approximate surface area is 116 Å². The number of aliphatic carboxylic acids is 1. The smallest absolute Gasteiger partial charge is 0.329 e. The number of amides is 1. The molecular formula is C14H17NO5. The number of ether oxygens (including phenoxy) is 2. The van der Waals surface area contributed by atoms with Crippen LogP contribution in [0.3, 0.4) is 0 Å². The van der Waals surface area contributed by atoms with Gasteiger partial charge in [-0.2, -0.15) is 0 Å². The number of carboxylic acids is 1. The maximum absolute atomic E-state index is 11.7. The van der Waals surface area contributed by atoms with Crippen molar-refractivity contribution in [1.29, 1.82) is 0 Å². The molecule has 0 spiro atoms. The highest BCUT2D eigenvalue weighted by molar-refractivity contribution is 5.78. The Hall–Kier alpha value is -2.08. The SMILES string of the molecule is O=C(O)COCCNC(=O)Cc1ccc2c(c1)CCO2. The van der Waals surface area contributed by atoms with Crippen molar-refractivity contribution in [3.63, 3.8) is 0 Å². The summed E-state index contributed by atoms with van der Waals surface area (Å²) in [5.74, 6) is -0.226. The second-order valence-electron chi connectivity index (χ2n) is 4.51. The van der Waals surface area contributed by atoms with Crippen LogP contribution in [0.25, 0.3) is 0 Å². The number of hydrogen-bond donors (Lipinski definition) is 2. The molecule has 1 aliphatic rings. The van der Waals surface area contributed by atoms with E-state index in [4.69, 9.17) is 14.6 Å². The van der Waals surface area contributed by atoms with Gasteiger partial charge in [-0.25, -0.2) is 4.79 Å². The molecule has 0 atom stereocenters. The van der Waals surface area contributed by atoms with E-state index >= 15 is 0 Å². The summed E-state index contributed by atoms with van der Waals surface area (Å²) < 4.78 is 10.2. The van der Waals surface area contributed by atoms with Gasteiger partial charge in [0, 0.05) is 13.0 Å². The van der Waals surface area contributed by atoms with Crippen molar-refractivity contribution in [1.82, 2.24) is 5.32 Å². The lowest BCUT2D eigenvalue weighted by Crippen LogP contribution is -2.29. The van der Waals surface area contributed by atoms with E-state index in [0.717, 1.165) is 23.3 Å². The summed E-state index contributed by atoms with van der Waals surface area (Å²) in [5, 5.41) is 11.1. The average molecular weight is 279 g/mol. The Morgan fingerprint density at radius 2 is 2.25 bits per heavy atom. The Morgan fingerprint density at radius 1 is 1.40 bits per heavy atom. The monoisotopic (exact) mass is 279 g/mol. The zero-order valence-electron chi connectivity index (χ0n) is 11.1. The Bertz CT molecular complexity index is 500. The number of hydrogen-bond acceptors (Lipinski definition) is 4. The fourth-order valence-corrected chi connectivity index (χ4v) is 2.02. The molecule has 1 aromatic carbocycles. The molecule has 2 N–H and O–H groups in total. The summed E-state index contributed by atoms with van der Waals surface area (Å²) in [7, 11) is 0. The van der Waals surface area contributed by atoms with Gasteiger partial charge in [-0.1, -0.05) is 12.1 Å². The van der Waals surface area contributed by atoms with E-state index < -0.39 is 5.97 Å². The van der Waals surface area contributed by atoms with Gasteiger partial charge in [-0.15, -0.1) is 0 Å². The lowest BCUT2D eigenvalue weighted by atomic mass is 10.1. The quantitative estimate of drug-likeness (QED) is 0.705. The largest absolute Gasteiger partial charge is 0.493 e. The van der Waals surface area contributed by atoms with Gasteiger partial charge >= 0.3 is 5.97 Å². The molecular weight excluding hydrogens is 262 g/mol. The first kappa shape index (κ1) is 14.3. The average Bonchev–Trinajstić information content (AvgIpc) is 2.85. The van der Waals surface area contributed by atoms with Crippen molar-refractivity contribution < 1.29 is 24.2 Å². The molecule has 1 amide bonds. The molecule has 2 rings (SSSR count). The summed E-state index contributed by atoms with van der Waals surface area (Å²) in [6.45, 7) is 0.850. The van der Waals surface area contributed by atoms with Crippen LogP contribution >= 0.6 is 0 Å². The third-order valence-electron chi connectivity index (χ3n) is 2.91. The van der Waals surface area contributed by atoms with Gasteiger partial charge < -0.3 is 19.9 Å². The van der Waals surface area contributed by atoms with Gasteiger partial charge in [-0.05, 0) is 17.2 Å². The second-order valence-corrected chi connectivity index (χ2v) is 4.51. The summed E-state index contributed by atoms with van der Waals surface area (Å²) in [6, 6.07) is 5.76. The third kappa shape index (κ3) is 4.24. The van der Waals surface area contributed by atoms with Crippen molar-refractivity contribution in [2.24, 2.45) is 0 Å². The van der Waals surface area contributed by atoms with Crippen LogP contribution in [0.15, 0.2) is 18.2 Å². The van der Waals surface area contributed by atoms with Crippen LogP contribution in [-0.4, -0.2) is 43.3 Å². The first-order valence-corrected chi connectivity index (χ1v) is 6.46. The van der Waals surface area contributed by atoms with Gasteiger partial charge in [0.05, 0.1) is 19.6 Å². The molecule has 0 radical (unpaired) electrons. The molecule has 1 aliphatic heterocycles. The minimum Gasteiger partial charge on any atom is -0.493 e. The topological polar surface area (TPSA) is 84.9 Å². The minimum absolute atomic E-state index is 0.109. The molecule has 1 aromatic rings. The van der Waals surface area contributed by atoms with Crippen LogP contribution in [0, 0.1) is 0 Å². The molecule has 0 aliphatic carbocycles. The van der Waals surface area contributed by atoms with Crippen LogP contribution in [0.5, 0.6) is 5.75 Å². The van der Waals surface area contributed by atoms with Crippen molar-refractivity contribution in [2.45, 2.75) is 12.8 Å². The van der Waals surface area contributed by atoms with Gasteiger partial charge in [0.2, 0.25) is 5.91 Å². The van der Waals surface area contributed by atoms with Gasteiger partial charge in [-0.3, -0.25) is 4.79 Å². The minimum atomic E-state index is -1.02. The molecule has 0 unspecified atom stereocenters. The normalized spacial score (nSPS) is 12.6. The summed E-state index contributed by atoms with van der Waals surface area (Å²) in [5.41, 5.74) is 2.08. The summed E-state index contributed by atoms with van der Waals surface area (Å²) >= 11 is 0. The summed E-state index contributed by atoms with van der Waals surface area (Å²) in [4.78, 5) is 21.9. The molecule has 0 bridgehead atoms. The van der Waals surface area contributed by atoms with Crippen molar-refractivity contribution >= 4 is 11.9 Å². The fourth-order valence-electron chi connectivity index (χ4n) is 2.02. The van der Waals surface area contributed by atoms with E-state index in [2.05, 4.69) is 5.32 Å². The maximum atomic E-state index is 11.7. The first-order chi connectivity index (χ1) is 9.65. The number of fused-ring (bicyclic) bond motifs is 1. The van der Waals surface area contributed by atoms with E-state index in [0.29, 0.717) is 19.6 Å². The third-order valence-corrected chi connectivity index (χ3v) is 2.91. The number of carbonyl (C=O) groups is 2. The van der Waals surface area contributed by atoms with Gasteiger partial charge in [0.25, 0.3) is 0 Å².